The highest BCUT2D eigenvalue weighted by Gasteiger charge is 2.13. The van der Waals surface area contributed by atoms with Crippen LogP contribution in [-0.4, -0.2) is 33.2 Å². The molecule has 0 aliphatic carbocycles. The summed E-state index contributed by atoms with van der Waals surface area (Å²) >= 11 is 0. The van der Waals surface area contributed by atoms with Crippen molar-refractivity contribution in [2.24, 2.45) is 0 Å². The summed E-state index contributed by atoms with van der Waals surface area (Å²) in [6.45, 7) is 3.27. The summed E-state index contributed by atoms with van der Waals surface area (Å²) in [5, 5.41) is 3.09. The number of ether oxygens (including phenoxy) is 1. The third kappa shape index (κ3) is 3.75. The van der Waals surface area contributed by atoms with Gasteiger partial charge in [0.2, 0.25) is 5.91 Å². The van der Waals surface area contributed by atoms with Gasteiger partial charge in [-0.15, -0.1) is 0 Å². The molecule has 1 N–H and O–H groups in total. The van der Waals surface area contributed by atoms with Crippen molar-refractivity contribution in [2.45, 2.75) is 13.3 Å². The fraction of sp³-hybridized carbons (Fsp3) is 0.462. The van der Waals surface area contributed by atoms with Gasteiger partial charge in [0.15, 0.2) is 0 Å². The quantitative estimate of drug-likeness (QED) is 0.764. The fourth-order valence-corrected chi connectivity index (χ4v) is 1.53. The number of likely N-dealkylation sites (N-methyl/N-ethyl adjacent to an activating group) is 1. The van der Waals surface area contributed by atoms with E-state index in [-0.39, 0.29) is 5.91 Å². The molecule has 4 heteroatoms. The normalized spacial score (nSPS) is 10.1. The molecule has 1 amide bonds. The van der Waals surface area contributed by atoms with E-state index in [0.717, 1.165) is 18.7 Å². The zero-order valence-corrected chi connectivity index (χ0v) is 10.7. The van der Waals surface area contributed by atoms with Crippen LogP contribution in [0.4, 0.5) is 5.69 Å². The first-order valence-corrected chi connectivity index (χ1v) is 5.81. The number of para-hydroxylation sites is 2. The smallest absolute Gasteiger partial charge is 0.240 e. The van der Waals surface area contributed by atoms with Gasteiger partial charge in [0.05, 0.1) is 19.3 Å². The molecule has 0 unspecified atom stereocenters. The van der Waals surface area contributed by atoms with Crippen LogP contribution in [-0.2, 0) is 4.79 Å². The van der Waals surface area contributed by atoms with Gasteiger partial charge in [-0.2, -0.15) is 0 Å². The monoisotopic (exact) mass is 236 g/mol. The molecule has 4 nitrogen and oxygen atoms in total. The highest BCUT2D eigenvalue weighted by Crippen LogP contribution is 2.26. The molecule has 0 spiro atoms. The molecule has 0 aromatic heterocycles. The molecule has 0 saturated carbocycles. The number of hydrogen-bond donors (Lipinski definition) is 1. The van der Waals surface area contributed by atoms with Gasteiger partial charge in [-0.05, 0) is 25.1 Å². The van der Waals surface area contributed by atoms with Crippen molar-refractivity contribution in [3.8, 4) is 5.75 Å². The van der Waals surface area contributed by atoms with Gasteiger partial charge in [0.1, 0.15) is 5.75 Å². The Labute approximate surface area is 103 Å². The molecule has 0 bridgehead atoms. The maximum absolute atomic E-state index is 11.9. The van der Waals surface area contributed by atoms with Crippen LogP contribution in [0.15, 0.2) is 24.3 Å². The molecule has 0 saturated heterocycles. The highest BCUT2D eigenvalue weighted by molar-refractivity contribution is 5.95. The molecule has 0 heterocycles. The van der Waals surface area contributed by atoms with Crippen LogP contribution < -0.4 is 15.0 Å². The Morgan fingerprint density at radius 1 is 1.41 bits per heavy atom. The first kappa shape index (κ1) is 13.5. The van der Waals surface area contributed by atoms with E-state index in [4.69, 9.17) is 4.74 Å². The standard InChI is InChI=1S/C13H20N2O2/c1-4-9-14-10-13(16)15(2)11-7-5-6-8-12(11)17-3/h5-8,14H,4,9-10H2,1-3H3. The van der Waals surface area contributed by atoms with Crippen molar-refractivity contribution in [3.63, 3.8) is 0 Å². The number of hydrogen-bond acceptors (Lipinski definition) is 3. The van der Waals surface area contributed by atoms with Crippen molar-refractivity contribution in [1.29, 1.82) is 0 Å². The first-order chi connectivity index (χ1) is 8.20. The Kier molecular flexibility index (Phi) is 5.49. The second-order valence-corrected chi connectivity index (χ2v) is 3.80. The van der Waals surface area contributed by atoms with Crippen molar-refractivity contribution in [1.82, 2.24) is 5.32 Å². The molecular weight excluding hydrogens is 216 g/mol. The Bertz CT molecular complexity index is 366. The lowest BCUT2D eigenvalue weighted by Crippen LogP contribution is -2.36. The third-order valence-electron chi connectivity index (χ3n) is 2.52. The lowest BCUT2D eigenvalue weighted by atomic mass is 10.2. The molecule has 0 fully saturated rings. The first-order valence-electron chi connectivity index (χ1n) is 5.81. The maximum Gasteiger partial charge on any atom is 0.240 e. The van der Waals surface area contributed by atoms with Crippen molar-refractivity contribution < 1.29 is 9.53 Å². The summed E-state index contributed by atoms with van der Waals surface area (Å²) in [7, 11) is 3.36. The van der Waals surface area contributed by atoms with Crippen LogP contribution in [0.3, 0.4) is 0 Å². The van der Waals surface area contributed by atoms with E-state index in [0.29, 0.717) is 12.3 Å². The second-order valence-electron chi connectivity index (χ2n) is 3.80. The van der Waals surface area contributed by atoms with E-state index in [1.165, 1.54) is 0 Å². The summed E-state index contributed by atoms with van der Waals surface area (Å²) in [6, 6.07) is 7.49. The van der Waals surface area contributed by atoms with Crippen LogP contribution in [0.5, 0.6) is 5.75 Å². The van der Waals surface area contributed by atoms with Gasteiger partial charge in [-0.1, -0.05) is 19.1 Å². The van der Waals surface area contributed by atoms with Gasteiger partial charge < -0.3 is 15.0 Å². The zero-order valence-electron chi connectivity index (χ0n) is 10.7. The molecular formula is C13H20N2O2. The van der Waals surface area contributed by atoms with Crippen LogP contribution in [0.25, 0.3) is 0 Å². The molecule has 0 aliphatic heterocycles. The largest absolute Gasteiger partial charge is 0.495 e. The Hall–Kier alpha value is -1.55. The number of amides is 1. The van der Waals surface area contributed by atoms with E-state index in [1.807, 2.05) is 24.3 Å². The number of carbonyl (C=O) groups excluding carboxylic acids is 1. The van der Waals surface area contributed by atoms with Crippen molar-refractivity contribution in [2.75, 3.05) is 32.1 Å². The summed E-state index contributed by atoms with van der Waals surface area (Å²) < 4.78 is 5.23. The van der Waals surface area contributed by atoms with Gasteiger partial charge in [0.25, 0.3) is 0 Å². The number of methoxy groups -OCH3 is 1. The van der Waals surface area contributed by atoms with Crippen LogP contribution in [0.2, 0.25) is 0 Å². The number of carbonyl (C=O) groups is 1. The SMILES string of the molecule is CCCNCC(=O)N(C)c1ccccc1OC. The lowest BCUT2D eigenvalue weighted by molar-refractivity contribution is -0.117. The predicted octanol–water partition coefficient (Wildman–Crippen LogP) is 1.66. The molecule has 0 atom stereocenters. The Morgan fingerprint density at radius 3 is 2.76 bits per heavy atom. The minimum Gasteiger partial charge on any atom is -0.495 e. The average Bonchev–Trinajstić information content (AvgIpc) is 2.38. The second kappa shape index (κ2) is 6.91. The van der Waals surface area contributed by atoms with Gasteiger partial charge in [0, 0.05) is 7.05 Å². The predicted molar refractivity (Wildman–Crippen MR) is 69.6 cm³/mol. The fourth-order valence-electron chi connectivity index (χ4n) is 1.53. The molecule has 1 aromatic rings. The topological polar surface area (TPSA) is 41.6 Å². The average molecular weight is 236 g/mol. The number of anilines is 1. The van der Waals surface area contributed by atoms with E-state index in [1.54, 1.807) is 19.1 Å². The number of nitrogens with zero attached hydrogens (tertiary/aromatic N) is 1. The molecule has 94 valence electrons. The summed E-state index contributed by atoms with van der Waals surface area (Å²) in [5.41, 5.74) is 0.790. The van der Waals surface area contributed by atoms with E-state index in [9.17, 15) is 4.79 Å². The number of rotatable bonds is 6. The lowest BCUT2D eigenvalue weighted by Gasteiger charge is -2.20. The highest BCUT2D eigenvalue weighted by atomic mass is 16.5. The van der Waals surface area contributed by atoms with Crippen LogP contribution in [0, 0.1) is 0 Å². The molecule has 0 radical (unpaired) electrons. The molecule has 17 heavy (non-hydrogen) atoms. The maximum atomic E-state index is 11.9. The molecule has 1 rings (SSSR count). The summed E-state index contributed by atoms with van der Waals surface area (Å²) in [6.07, 6.45) is 1.02. The molecule has 0 aliphatic rings. The van der Waals surface area contributed by atoms with Crippen LogP contribution >= 0.6 is 0 Å². The van der Waals surface area contributed by atoms with E-state index < -0.39 is 0 Å². The Balaban J connectivity index is 2.67. The summed E-state index contributed by atoms with van der Waals surface area (Å²) in [5.74, 6) is 0.738. The van der Waals surface area contributed by atoms with Crippen LogP contribution in [0.1, 0.15) is 13.3 Å². The van der Waals surface area contributed by atoms with E-state index >= 15 is 0 Å². The molecule has 1 aromatic carbocycles. The van der Waals surface area contributed by atoms with Gasteiger partial charge in [-0.25, -0.2) is 0 Å². The van der Waals surface area contributed by atoms with Crippen molar-refractivity contribution in [3.05, 3.63) is 24.3 Å². The number of benzene rings is 1. The minimum atomic E-state index is 0.0305. The van der Waals surface area contributed by atoms with Gasteiger partial charge in [-0.3, -0.25) is 4.79 Å². The Morgan fingerprint density at radius 2 is 2.12 bits per heavy atom. The van der Waals surface area contributed by atoms with E-state index in [2.05, 4.69) is 12.2 Å². The third-order valence-corrected chi connectivity index (χ3v) is 2.52. The van der Waals surface area contributed by atoms with Gasteiger partial charge >= 0.3 is 0 Å². The summed E-state index contributed by atoms with van der Waals surface area (Å²) in [4.78, 5) is 13.5. The zero-order chi connectivity index (χ0) is 12.7. The minimum absolute atomic E-state index is 0.0305. The van der Waals surface area contributed by atoms with Crippen molar-refractivity contribution >= 4 is 11.6 Å². The number of nitrogens with one attached hydrogen (secondary N) is 1.